The molecule has 0 saturated carbocycles. The van der Waals surface area contributed by atoms with Crippen LogP contribution in [0.2, 0.25) is 0 Å². The van der Waals surface area contributed by atoms with Gasteiger partial charge in [0.15, 0.2) is 5.01 Å². The van der Waals surface area contributed by atoms with E-state index in [9.17, 15) is 9.59 Å². The first kappa shape index (κ1) is 32.2. The standard InChI is InChI=1S/C29H42N2O2S3/c1-2-3-4-5-6-7-8-9-10-11-12-13-14-15-16-17-18-20-27(32)21-19-24-35-36-26-23-30-28(33)29-31-22-25-34-29/h3-4,6-7,9-10,12-13,15-16,22,25H,2,5,8,11,14,17-21,23-24,26H2,1H3,(H,30,33)/b4-3-,7-6-,10-9-,13-12-,16-15-. The molecule has 0 aromatic carbocycles. The third-order valence-corrected chi connectivity index (χ3v) is 8.11. The highest BCUT2D eigenvalue weighted by Crippen LogP contribution is 2.22. The number of rotatable bonds is 22. The number of aromatic nitrogens is 1. The van der Waals surface area contributed by atoms with Crippen LogP contribution in [0.5, 0.6) is 0 Å². The average Bonchev–Trinajstić information content (AvgIpc) is 3.42. The highest BCUT2D eigenvalue weighted by Gasteiger charge is 2.06. The Morgan fingerprint density at radius 1 is 0.833 bits per heavy atom. The lowest BCUT2D eigenvalue weighted by atomic mass is 10.1. The molecule has 0 atom stereocenters. The number of nitrogens with zero attached hydrogens (tertiary/aromatic N) is 1. The van der Waals surface area contributed by atoms with Gasteiger partial charge in [-0.05, 0) is 51.4 Å². The lowest BCUT2D eigenvalue weighted by Gasteiger charge is -2.03. The summed E-state index contributed by atoms with van der Waals surface area (Å²) in [7, 11) is 3.50. The molecule has 0 bridgehead atoms. The highest BCUT2D eigenvalue weighted by atomic mass is 33.1. The van der Waals surface area contributed by atoms with Crippen LogP contribution < -0.4 is 5.32 Å². The lowest BCUT2D eigenvalue weighted by molar-refractivity contribution is -0.119. The molecule has 7 heteroatoms. The van der Waals surface area contributed by atoms with E-state index in [-0.39, 0.29) is 5.91 Å². The van der Waals surface area contributed by atoms with Crippen LogP contribution in [-0.2, 0) is 4.79 Å². The maximum Gasteiger partial charge on any atom is 0.280 e. The van der Waals surface area contributed by atoms with Crippen LogP contribution in [0.25, 0.3) is 0 Å². The molecule has 1 rings (SSSR count). The maximum atomic E-state index is 12.0. The summed E-state index contributed by atoms with van der Waals surface area (Å²) in [6.45, 7) is 2.78. The van der Waals surface area contributed by atoms with Crippen LogP contribution in [0.15, 0.2) is 72.3 Å². The van der Waals surface area contributed by atoms with Gasteiger partial charge in [0, 0.05) is 42.5 Å². The van der Waals surface area contributed by atoms with Gasteiger partial charge in [-0.1, -0.05) is 89.3 Å². The van der Waals surface area contributed by atoms with E-state index >= 15 is 0 Å². The van der Waals surface area contributed by atoms with Crippen molar-refractivity contribution in [2.45, 2.75) is 71.1 Å². The number of allylic oxidation sites excluding steroid dienone is 10. The van der Waals surface area contributed by atoms with Crippen molar-refractivity contribution in [3.63, 3.8) is 0 Å². The third-order valence-electron chi connectivity index (χ3n) is 4.85. The summed E-state index contributed by atoms with van der Waals surface area (Å²) in [5, 5.41) is 5.17. The number of hydrogen-bond donors (Lipinski definition) is 1. The summed E-state index contributed by atoms with van der Waals surface area (Å²) in [6.07, 6.45) is 32.9. The summed E-state index contributed by atoms with van der Waals surface area (Å²) in [5.41, 5.74) is 0. The second-order valence-electron chi connectivity index (χ2n) is 7.98. The number of hydrogen-bond acceptors (Lipinski definition) is 6. The first-order chi connectivity index (χ1) is 17.7. The molecule has 0 aliphatic rings. The third kappa shape index (κ3) is 20.4. The van der Waals surface area contributed by atoms with Gasteiger partial charge in [0.1, 0.15) is 5.78 Å². The van der Waals surface area contributed by atoms with Crippen molar-refractivity contribution in [3.05, 3.63) is 77.3 Å². The first-order valence-corrected chi connectivity index (χ1v) is 16.3. The number of Topliss-reactive ketones (excluding diaryl/α,β-unsaturated/α-hetero) is 1. The van der Waals surface area contributed by atoms with Gasteiger partial charge in [0.25, 0.3) is 5.91 Å². The van der Waals surface area contributed by atoms with E-state index in [1.54, 1.807) is 33.2 Å². The van der Waals surface area contributed by atoms with E-state index < -0.39 is 0 Å². The Morgan fingerprint density at radius 2 is 1.42 bits per heavy atom. The van der Waals surface area contributed by atoms with Crippen molar-refractivity contribution in [1.29, 1.82) is 0 Å². The van der Waals surface area contributed by atoms with Crippen LogP contribution in [-0.4, -0.2) is 34.7 Å². The van der Waals surface area contributed by atoms with Gasteiger partial charge >= 0.3 is 0 Å². The molecule has 0 spiro atoms. The van der Waals surface area contributed by atoms with Gasteiger partial charge in [0.05, 0.1) is 0 Å². The molecule has 0 unspecified atom stereocenters. The topological polar surface area (TPSA) is 59.1 Å². The fraction of sp³-hybridized carbons (Fsp3) is 0.483. The van der Waals surface area contributed by atoms with E-state index in [2.05, 4.69) is 78.0 Å². The number of unbranched alkanes of at least 4 members (excludes halogenated alkanes) is 1. The molecule has 0 saturated heterocycles. The second kappa shape index (κ2) is 24.8. The van der Waals surface area contributed by atoms with Crippen molar-refractivity contribution in [1.82, 2.24) is 10.3 Å². The Morgan fingerprint density at radius 3 is 2.03 bits per heavy atom. The largest absolute Gasteiger partial charge is 0.349 e. The van der Waals surface area contributed by atoms with Crippen molar-refractivity contribution in [2.24, 2.45) is 0 Å². The Balaban J connectivity index is 1.86. The molecule has 1 N–H and O–H groups in total. The molecular formula is C29H42N2O2S3. The molecule has 1 amide bonds. The van der Waals surface area contributed by atoms with E-state index in [0.29, 0.717) is 30.2 Å². The minimum Gasteiger partial charge on any atom is -0.349 e. The lowest BCUT2D eigenvalue weighted by Crippen LogP contribution is -2.25. The zero-order valence-corrected chi connectivity index (χ0v) is 24.1. The van der Waals surface area contributed by atoms with Gasteiger partial charge in [-0.3, -0.25) is 9.59 Å². The normalized spacial score (nSPS) is 12.2. The van der Waals surface area contributed by atoms with Crippen LogP contribution in [0.3, 0.4) is 0 Å². The smallest absolute Gasteiger partial charge is 0.280 e. The molecule has 4 nitrogen and oxygen atoms in total. The Bertz CT molecular complexity index is 828. The Hall–Kier alpha value is -1.83. The van der Waals surface area contributed by atoms with Crippen LogP contribution >= 0.6 is 32.9 Å². The molecule has 0 radical (unpaired) electrons. The zero-order chi connectivity index (χ0) is 25.9. The van der Waals surface area contributed by atoms with Gasteiger partial charge in [-0.25, -0.2) is 4.98 Å². The highest BCUT2D eigenvalue weighted by molar-refractivity contribution is 8.76. The zero-order valence-electron chi connectivity index (χ0n) is 21.6. The first-order valence-electron chi connectivity index (χ1n) is 12.9. The summed E-state index contributed by atoms with van der Waals surface area (Å²) >= 11 is 1.35. The van der Waals surface area contributed by atoms with Crippen molar-refractivity contribution < 1.29 is 9.59 Å². The monoisotopic (exact) mass is 546 g/mol. The maximum absolute atomic E-state index is 12.0. The van der Waals surface area contributed by atoms with Gasteiger partial charge in [-0.2, -0.15) is 0 Å². The van der Waals surface area contributed by atoms with E-state index in [1.807, 2.05) is 0 Å². The van der Waals surface area contributed by atoms with Crippen molar-refractivity contribution in [3.8, 4) is 0 Å². The summed E-state index contributed by atoms with van der Waals surface area (Å²) in [6, 6.07) is 0. The minimum atomic E-state index is -0.106. The predicted octanol–water partition coefficient (Wildman–Crippen LogP) is 8.53. The number of carbonyl (C=O) groups excluding carboxylic acids is 2. The molecule has 1 aromatic heterocycles. The van der Waals surface area contributed by atoms with Gasteiger partial charge in [-0.15, -0.1) is 11.3 Å². The Kier molecular flexibility index (Phi) is 22.2. The molecule has 0 aliphatic carbocycles. The number of thiazole rings is 1. The van der Waals surface area contributed by atoms with Crippen LogP contribution in [0.1, 0.15) is 80.9 Å². The van der Waals surface area contributed by atoms with E-state index in [0.717, 1.165) is 62.9 Å². The quantitative estimate of drug-likeness (QED) is 0.0897. The second-order valence-corrected chi connectivity index (χ2v) is 11.6. The summed E-state index contributed by atoms with van der Waals surface area (Å²) < 4.78 is 0. The van der Waals surface area contributed by atoms with Crippen LogP contribution in [0.4, 0.5) is 0 Å². The molecule has 36 heavy (non-hydrogen) atoms. The molecule has 0 fully saturated rings. The van der Waals surface area contributed by atoms with E-state index in [4.69, 9.17) is 0 Å². The SMILES string of the molecule is CC/C=C\C/C=C\C/C=C\C/C=C\C/C=C\CCCC(=O)CCCSSCCNC(=O)c1nccs1. The number of carbonyl (C=O) groups is 2. The summed E-state index contributed by atoms with van der Waals surface area (Å²) in [5.74, 6) is 2.07. The average molecular weight is 547 g/mol. The van der Waals surface area contributed by atoms with Gasteiger partial charge in [0.2, 0.25) is 0 Å². The number of amides is 1. The van der Waals surface area contributed by atoms with Crippen molar-refractivity contribution in [2.75, 3.05) is 18.1 Å². The predicted molar refractivity (Wildman–Crippen MR) is 162 cm³/mol. The molecule has 0 aliphatic heterocycles. The molecule has 198 valence electrons. The van der Waals surface area contributed by atoms with Gasteiger partial charge < -0.3 is 5.32 Å². The minimum absolute atomic E-state index is 0.106. The van der Waals surface area contributed by atoms with Crippen LogP contribution in [0, 0.1) is 0 Å². The summed E-state index contributed by atoms with van der Waals surface area (Å²) in [4.78, 5) is 27.7. The van der Waals surface area contributed by atoms with Crippen molar-refractivity contribution >= 4 is 44.6 Å². The molecule has 1 aromatic rings. The Labute approximate surface area is 230 Å². The van der Waals surface area contributed by atoms with E-state index in [1.165, 1.54) is 11.3 Å². The molecular weight excluding hydrogens is 505 g/mol. The fourth-order valence-corrected chi connectivity index (χ4v) is 5.52. The fourth-order valence-electron chi connectivity index (χ4n) is 2.97. The molecule has 1 heterocycles. The number of nitrogens with one attached hydrogen (secondary N) is 1. The number of ketones is 1.